The van der Waals surface area contributed by atoms with Crippen LogP contribution in [0.5, 0.6) is 0 Å². The molecule has 24 heavy (non-hydrogen) atoms. The van der Waals surface area contributed by atoms with Gasteiger partial charge in [-0.3, -0.25) is 4.79 Å². The lowest BCUT2D eigenvalue weighted by Crippen LogP contribution is -2.61. The summed E-state index contributed by atoms with van der Waals surface area (Å²) in [4.78, 5) is 33.6. The SMILES string of the molecule is CC(=O)[O-].CN(C)C(=O)CC[C@H](NC(=O)OC(C)(C)C)C(O)C[NH3+]. The molecule has 0 aliphatic rings. The molecule has 2 atom stereocenters. The number of hydrogen-bond acceptors (Lipinski definition) is 6. The van der Waals surface area contributed by atoms with Gasteiger partial charge >= 0.3 is 6.09 Å². The Morgan fingerprint density at radius 2 is 1.75 bits per heavy atom. The molecule has 1 unspecified atom stereocenters. The topological polar surface area (TPSA) is 147 Å². The minimum Gasteiger partial charge on any atom is -0.550 e. The highest BCUT2D eigenvalue weighted by Gasteiger charge is 2.25. The number of amides is 2. The molecule has 0 aromatic heterocycles. The summed E-state index contributed by atoms with van der Waals surface area (Å²) in [6.45, 7) is 6.50. The zero-order chi connectivity index (χ0) is 19.5. The predicted octanol–water partition coefficient (Wildman–Crippen LogP) is -1.89. The Balaban J connectivity index is 0. The highest BCUT2D eigenvalue weighted by atomic mass is 16.6. The first-order valence-corrected chi connectivity index (χ1v) is 7.64. The van der Waals surface area contributed by atoms with Crippen molar-refractivity contribution < 1.29 is 35.1 Å². The lowest BCUT2D eigenvalue weighted by Gasteiger charge is -2.25. The first-order valence-electron chi connectivity index (χ1n) is 7.64. The van der Waals surface area contributed by atoms with Crippen LogP contribution in [0.25, 0.3) is 0 Å². The van der Waals surface area contributed by atoms with Crippen LogP contribution in [0, 0.1) is 0 Å². The van der Waals surface area contributed by atoms with Crippen molar-refractivity contribution in [1.29, 1.82) is 0 Å². The molecule has 0 bridgehead atoms. The molecule has 0 aromatic carbocycles. The maximum absolute atomic E-state index is 11.7. The third kappa shape index (κ3) is 15.0. The highest BCUT2D eigenvalue weighted by molar-refractivity contribution is 5.75. The van der Waals surface area contributed by atoms with Crippen LogP contribution >= 0.6 is 0 Å². The number of aliphatic hydroxyl groups excluding tert-OH is 1. The highest BCUT2D eigenvalue weighted by Crippen LogP contribution is 2.09. The van der Waals surface area contributed by atoms with Crippen LogP contribution in [0.4, 0.5) is 4.79 Å². The van der Waals surface area contributed by atoms with Gasteiger partial charge in [0.05, 0.1) is 6.04 Å². The van der Waals surface area contributed by atoms with Crippen molar-refractivity contribution in [3.63, 3.8) is 0 Å². The second kappa shape index (κ2) is 11.6. The second-order valence-electron chi connectivity index (χ2n) is 6.43. The van der Waals surface area contributed by atoms with Crippen LogP contribution in [0.2, 0.25) is 0 Å². The maximum atomic E-state index is 11.7. The number of nitrogens with zero attached hydrogens (tertiary/aromatic N) is 1. The Hall–Kier alpha value is -1.87. The summed E-state index contributed by atoms with van der Waals surface area (Å²) in [6.07, 6.45) is -0.831. The van der Waals surface area contributed by atoms with Gasteiger partial charge in [0.25, 0.3) is 0 Å². The summed E-state index contributed by atoms with van der Waals surface area (Å²) < 4.78 is 5.14. The fraction of sp³-hybridized carbons (Fsp3) is 0.800. The molecule has 0 rings (SSSR count). The summed E-state index contributed by atoms with van der Waals surface area (Å²) >= 11 is 0. The van der Waals surface area contributed by atoms with E-state index < -0.39 is 29.8 Å². The van der Waals surface area contributed by atoms with Gasteiger partial charge in [0.15, 0.2) is 0 Å². The van der Waals surface area contributed by atoms with Crippen molar-refractivity contribution in [2.45, 2.75) is 58.3 Å². The number of carbonyl (C=O) groups excluding carboxylic acids is 3. The van der Waals surface area contributed by atoms with Gasteiger partial charge in [-0.05, 0) is 34.1 Å². The Morgan fingerprint density at radius 3 is 2.08 bits per heavy atom. The monoisotopic (exact) mass is 349 g/mol. The van der Waals surface area contributed by atoms with Crippen molar-refractivity contribution in [1.82, 2.24) is 10.2 Å². The minimum absolute atomic E-state index is 0.0581. The van der Waals surface area contributed by atoms with Crippen LogP contribution in [0.1, 0.15) is 40.5 Å². The van der Waals surface area contributed by atoms with Gasteiger partial charge < -0.3 is 35.7 Å². The zero-order valence-electron chi connectivity index (χ0n) is 15.4. The number of ether oxygens (including phenoxy) is 1. The molecule has 0 aliphatic carbocycles. The molecule has 0 radical (unpaired) electrons. The van der Waals surface area contributed by atoms with Crippen LogP contribution in [0.3, 0.4) is 0 Å². The third-order valence-electron chi connectivity index (χ3n) is 2.63. The molecule has 5 N–H and O–H groups in total. The molecule has 0 saturated heterocycles. The molecular weight excluding hydrogens is 318 g/mol. The van der Waals surface area contributed by atoms with Crippen molar-refractivity contribution in [3.05, 3.63) is 0 Å². The molecule has 9 heteroatoms. The van der Waals surface area contributed by atoms with E-state index in [9.17, 15) is 14.7 Å². The number of carboxylic acids is 1. The van der Waals surface area contributed by atoms with Gasteiger partial charge in [0.2, 0.25) is 5.91 Å². The molecule has 0 aliphatic heterocycles. The number of hydrogen-bond donors (Lipinski definition) is 3. The molecule has 0 aromatic rings. The Labute approximate surface area is 143 Å². The molecule has 2 amide bonds. The standard InChI is InChI=1S/C13H27N3O4.C2H4O2/c1-13(2,3)20-12(19)15-9(10(17)8-14)6-7-11(18)16(4)5;1-2(3)4/h9-10,17H,6-8,14H2,1-5H3,(H,15,19);1H3,(H,3,4)/t9-,10?;/m0./s1. The van der Waals surface area contributed by atoms with Gasteiger partial charge in [-0.2, -0.15) is 0 Å². The van der Waals surface area contributed by atoms with Crippen LogP contribution in [0.15, 0.2) is 0 Å². The smallest absolute Gasteiger partial charge is 0.407 e. The van der Waals surface area contributed by atoms with E-state index in [4.69, 9.17) is 14.6 Å². The third-order valence-corrected chi connectivity index (χ3v) is 2.63. The van der Waals surface area contributed by atoms with E-state index in [1.54, 1.807) is 34.9 Å². The number of carboxylic acid groups (broad SMARTS) is 1. The quantitative estimate of drug-likeness (QED) is 0.511. The first-order chi connectivity index (χ1) is 10.8. The summed E-state index contributed by atoms with van der Waals surface area (Å²) in [5, 5.41) is 21.3. The Bertz CT molecular complexity index is 403. The van der Waals surface area contributed by atoms with Crippen molar-refractivity contribution in [2.24, 2.45) is 0 Å². The van der Waals surface area contributed by atoms with Crippen LogP contribution in [-0.2, 0) is 14.3 Å². The molecule has 0 heterocycles. The zero-order valence-corrected chi connectivity index (χ0v) is 15.4. The van der Waals surface area contributed by atoms with Crippen LogP contribution in [-0.4, -0.2) is 66.4 Å². The van der Waals surface area contributed by atoms with Gasteiger partial charge in [0.1, 0.15) is 18.2 Å². The molecule has 0 saturated carbocycles. The minimum atomic E-state index is -1.08. The number of rotatable bonds is 6. The second-order valence-corrected chi connectivity index (χ2v) is 6.43. The number of aliphatic carboxylic acids is 1. The summed E-state index contributed by atoms with van der Waals surface area (Å²) in [6, 6.07) is -0.550. The maximum Gasteiger partial charge on any atom is 0.407 e. The van der Waals surface area contributed by atoms with Crippen molar-refractivity contribution in [2.75, 3.05) is 20.6 Å². The van der Waals surface area contributed by atoms with E-state index in [0.29, 0.717) is 6.42 Å². The van der Waals surface area contributed by atoms with Gasteiger partial charge in [0, 0.05) is 26.5 Å². The summed E-state index contributed by atoms with van der Waals surface area (Å²) in [5.41, 5.74) is 3.01. The van der Waals surface area contributed by atoms with Crippen LogP contribution < -0.4 is 16.2 Å². The molecule has 0 spiro atoms. The normalized spacial score (nSPS) is 13.0. The average Bonchev–Trinajstić information content (AvgIpc) is 2.39. The Kier molecular flexibility index (Phi) is 11.8. The van der Waals surface area contributed by atoms with E-state index in [-0.39, 0.29) is 18.9 Å². The van der Waals surface area contributed by atoms with Crippen molar-refractivity contribution in [3.8, 4) is 0 Å². The van der Waals surface area contributed by atoms with Gasteiger partial charge in [-0.15, -0.1) is 0 Å². The average molecular weight is 349 g/mol. The summed E-state index contributed by atoms with van der Waals surface area (Å²) in [7, 11) is 3.33. The first kappa shape index (κ1) is 24.4. The van der Waals surface area contributed by atoms with E-state index in [1.165, 1.54) is 4.90 Å². The van der Waals surface area contributed by atoms with Gasteiger partial charge in [-0.1, -0.05) is 0 Å². The number of alkyl carbamates (subject to hydrolysis) is 1. The number of carbonyl (C=O) groups is 3. The number of aliphatic hydroxyl groups is 1. The largest absolute Gasteiger partial charge is 0.550 e. The number of nitrogens with one attached hydrogen (secondary N) is 1. The lowest BCUT2D eigenvalue weighted by molar-refractivity contribution is -0.385. The Morgan fingerprint density at radius 1 is 1.29 bits per heavy atom. The van der Waals surface area contributed by atoms with E-state index >= 15 is 0 Å². The molecule has 142 valence electrons. The van der Waals surface area contributed by atoms with E-state index in [1.807, 2.05) is 0 Å². The molecular formula is C15H31N3O6. The molecule has 0 fully saturated rings. The van der Waals surface area contributed by atoms with E-state index in [2.05, 4.69) is 11.1 Å². The number of quaternary nitrogens is 1. The van der Waals surface area contributed by atoms with Gasteiger partial charge in [-0.25, -0.2) is 4.79 Å². The van der Waals surface area contributed by atoms with Crippen molar-refractivity contribution >= 4 is 18.0 Å². The fourth-order valence-corrected chi connectivity index (χ4v) is 1.52. The molecule has 9 nitrogen and oxygen atoms in total. The van der Waals surface area contributed by atoms with E-state index in [0.717, 1.165) is 6.92 Å². The predicted molar refractivity (Wildman–Crippen MR) is 85.5 cm³/mol. The summed E-state index contributed by atoms with van der Waals surface area (Å²) in [5.74, 6) is -1.14. The lowest BCUT2D eigenvalue weighted by atomic mass is 10.1. The fourth-order valence-electron chi connectivity index (χ4n) is 1.52.